The fourth-order valence-electron chi connectivity index (χ4n) is 6.26. The zero-order valence-corrected chi connectivity index (χ0v) is 17.3. The van der Waals surface area contributed by atoms with Gasteiger partial charge in [0, 0.05) is 5.54 Å². The Hall–Kier alpha value is -1.63. The maximum atomic E-state index is 13.3. The van der Waals surface area contributed by atoms with Crippen molar-refractivity contribution in [3.05, 3.63) is 30.1 Å². The fourth-order valence-corrected chi connectivity index (χ4v) is 7.47. The third-order valence-electron chi connectivity index (χ3n) is 6.84. The minimum absolute atomic E-state index is 0.175. The quantitative estimate of drug-likeness (QED) is 0.784. The molecule has 1 N–H and O–H groups in total. The highest BCUT2D eigenvalue weighted by Crippen LogP contribution is 2.55. The fraction of sp³-hybridized carbons (Fsp3) is 0.667. The number of amides is 1. The van der Waals surface area contributed by atoms with E-state index in [4.69, 9.17) is 0 Å². The summed E-state index contributed by atoms with van der Waals surface area (Å²) in [6.07, 6.45) is 8.30. The lowest BCUT2D eigenvalue weighted by Crippen LogP contribution is -2.63. The van der Waals surface area contributed by atoms with Gasteiger partial charge in [0.25, 0.3) is 0 Å². The number of hydrogen-bond acceptors (Lipinski definition) is 3. The second-order valence-electron chi connectivity index (χ2n) is 9.15. The van der Waals surface area contributed by atoms with Crippen LogP contribution in [-0.2, 0) is 14.8 Å². The van der Waals surface area contributed by atoms with Gasteiger partial charge in [-0.3, -0.25) is 9.10 Å². The molecule has 4 fully saturated rings. The second kappa shape index (κ2) is 7.01. The number of rotatable bonds is 6. The first-order chi connectivity index (χ1) is 13.2. The zero-order chi connectivity index (χ0) is 20.1. The van der Waals surface area contributed by atoms with E-state index in [-0.39, 0.29) is 11.4 Å². The molecule has 4 aliphatic rings. The molecule has 0 saturated heterocycles. The molecule has 0 radical (unpaired) electrons. The number of benzene rings is 1. The molecule has 1 aromatic rings. The standard InChI is InChI=1S/C21H29FN2O3S/c1-3-19(24(28(2,26)27)18-6-4-17(22)5-7-18)20(25)23-21-11-14-8-15(12-21)10-16(9-14)13-21/h4-7,14-16,19H,3,8-13H2,1-2H3,(H,23,25). The van der Waals surface area contributed by atoms with E-state index < -0.39 is 21.9 Å². The first kappa shape index (κ1) is 19.7. The van der Waals surface area contributed by atoms with Gasteiger partial charge in [0.2, 0.25) is 15.9 Å². The maximum absolute atomic E-state index is 13.3. The van der Waals surface area contributed by atoms with E-state index in [2.05, 4.69) is 5.32 Å². The number of nitrogens with zero attached hydrogens (tertiary/aromatic N) is 1. The topological polar surface area (TPSA) is 66.5 Å². The summed E-state index contributed by atoms with van der Waals surface area (Å²) in [4.78, 5) is 13.3. The van der Waals surface area contributed by atoms with E-state index >= 15 is 0 Å². The Morgan fingerprint density at radius 3 is 2.07 bits per heavy atom. The Balaban J connectivity index is 1.59. The van der Waals surface area contributed by atoms with Gasteiger partial charge in [0.05, 0.1) is 11.9 Å². The summed E-state index contributed by atoms with van der Waals surface area (Å²) >= 11 is 0. The van der Waals surface area contributed by atoms with Crippen molar-refractivity contribution in [1.82, 2.24) is 5.32 Å². The Kier molecular flexibility index (Phi) is 4.92. The minimum Gasteiger partial charge on any atom is -0.349 e. The number of halogens is 1. The lowest BCUT2D eigenvalue weighted by molar-refractivity contribution is -0.128. The molecule has 5 nitrogen and oxygen atoms in total. The van der Waals surface area contributed by atoms with Crippen LogP contribution in [0.15, 0.2) is 24.3 Å². The zero-order valence-electron chi connectivity index (χ0n) is 16.5. The molecule has 4 saturated carbocycles. The van der Waals surface area contributed by atoms with Crippen LogP contribution in [0.1, 0.15) is 51.9 Å². The van der Waals surface area contributed by atoms with Gasteiger partial charge in [0.1, 0.15) is 11.9 Å². The van der Waals surface area contributed by atoms with Gasteiger partial charge in [-0.05, 0) is 87.0 Å². The SMILES string of the molecule is CCC(C(=O)NC12CC3CC(CC(C3)C1)C2)N(c1ccc(F)cc1)S(C)(=O)=O. The molecule has 1 unspecified atom stereocenters. The molecule has 4 bridgehead atoms. The van der Waals surface area contributed by atoms with Gasteiger partial charge >= 0.3 is 0 Å². The van der Waals surface area contributed by atoms with Crippen LogP contribution in [0.25, 0.3) is 0 Å². The van der Waals surface area contributed by atoms with Crippen LogP contribution in [0.4, 0.5) is 10.1 Å². The summed E-state index contributed by atoms with van der Waals surface area (Å²) < 4.78 is 39.5. The highest BCUT2D eigenvalue weighted by Gasteiger charge is 2.52. The van der Waals surface area contributed by atoms with Gasteiger partial charge in [-0.2, -0.15) is 0 Å². The summed E-state index contributed by atoms with van der Waals surface area (Å²) in [7, 11) is -3.70. The molecule has 7 heteroatoms. The summed E-state index contributed by atoms with van der Waals surface area (Å²) in [5.41, 5.74) is 0.141. The van der Waals surface area contributed by atoms with Crippen molar-refractivity contribution in [2.24, 2.45) is 17.8 Å². The summed E-state index contributed by atoms with van der Waals surface area (Å²) in [5, 5.41) is 3.29. The number of sulfonamides is 1. The van der Waals surface area contributed by atoms with Crippen molar-refractivity contribution in [1.29, 1.82) is 0 Å². The average Bonchev–Trinajstić information content (AvgIpc) is 2.57. The number of hydrogen-bond donors (Lipinski definition) is 1. The molecule has 28 heavy (non-hydrogen) atoms. The third kappa shape index (κ3) is 3.65. The van der Waals surface area contributed by atoms with Gasteiger partial charge in [-0.15, -0.1) is 0 Å². The molecular weight excluding hydrogens is 379 g/mol. The highest BCUT2D eigenvalue weighted by atomic mass is 32.2. The van der Waals surface area contributed by atoms with Crippen LogP contribution in [0.3, 0.4) is 0 Å². The number of carbonyl (C=O) groups excluding carboxylic acids is 1. The molecule has 1 atom stereocenters. The monoisotopic (exact) mass is 408 g/mol. The van der Waals surface area contributed by atoms with E-state index in [1.807, 2.05) is 6.92 Å². The predicted molar refractivity (Wildman–Crippen MR) is 107 cm³/mol. The highest BCUT2D eigenvalue weighted by molar-refractivity contribution is 7.92. The molecule has 4 aliphatic carbocycles. The summed E-state index contributed by atoms with van der Waals surface area (Å²) in [6.45, 7) is 1.81. The average molecular weight is 409 g/mol. The lowest BCUT2D eigenvalue weighted by atomic mass is 9.53. The van der Waals surface area contributed by atoms with Crippen molar-refractivity contribution in [3.8, 4) is 0 Å². The molecule has 0 aromatic heterocycles. The normalized spacial score (nSPS) is 32.2. The minimum atomic E-state index is -3.70. The van der Waals surface area contributed by atoms with Crippen molar-refractivity contribution < 1.29 is 17.6 Å². The van der Waals surface area contributed by atoms with Crippen molar-refractivity contribution in [2.45, 2.75) is 63.5 Å². The van der Waals surface area contributed by atoms with Gasteiger partial charge in [-0.25, -0.2) is 12.8 Å². The van der Waals surface area contributed by atoms with Crippen molar-refractivity contribution in [3.63, 3.8) is 0 Å². The van der Waals surface area contributed by atoms with E-state index in [0.29, 0.717) is 29.9 Å². The Morgan fingerprint density at radius 2 is 1.64 bits per heavy atom. The van der Waals surface area contributed by atoms with Crippen molar-refractivity contribution >= 4 is 21.6 Å². The third-order valence-corrected chi connectivity index (χ3v) is 8.02. The summed E-state index contributed by atoms with van der Waals surface area (Å²) in [6, 6.07) is 4.43. The van der Waals surface area contributed by atoms with Crippen LogP contribution < -0.4 is 9.62 Å². The second-order valence-corrected chi connectivity index (χ2v) is 11.0. The van der Waals surface area contributed by atoms with Crippen LogP contribution in [-0.4, -0.2) is 32.2 Å². The van der Waals surface area contributed by atoms with Crippen molar-refractivity contribution in [2.75, 3.05) is 10.6 Å². The van der Waals surface area contributed by atoms with Crippen LogP contribution in [0, 0.1) is 23.6 Å². The number of carbonyl (C=O) groups is 1. The smallest absolute Gasteiger partial charge is 0.244 e. The van der Waals surface area contributed by atoms with Crippen LogP contribution >= 0.6 is 0 Å². The molecule has 0 spiro atoms. The van der Waals surface area contributed by atoms with E-state index in [1.54, 1.807) is 0 Å². The molecule has 0 heterocycles. The molecule has 154 valence electrons. The number of anilines is 1. The predicted octanol–water partition coefficient (Wildman–Crippen LogP) is 3.46. The summed E-state index contributed by atoms with van der Waals surface area (Å²) in [5.74, 6) is 1.39. The van der Waals surface area contributed by atoms with Crippen LogP contribution in [0.5, 0.6) is 0 Å². The molecule has 1 amide bonds. The maximum Gasteiger partial charge on any atom is 0.244 e. The molecule has 1 aromatic carbocycles. The Morgan fingerprint density at radius 1 is 1.14 bits per heavy atom. The molecule has 5 rings (SSSR count). The first-order valence-corrected chi connectivity index (χ1v) is 12.1. The Labute approximate surface area is 166 Å². The molecule has 0 aliphatic heterocycles. The lowest BCUT2D eigenvalue weighted by Gasteiger charge is -2.57. The van der Waals surface area contributed by atoms with E-state index in [9.17, 15) is 17.6 Å². The van der Waals surface area contributed by atoms with E-state index in [0.717, 1.165) is 29.8 Å². The van der Waals surface area contributed by atoms with Gasteiger partial charge in [0.15, 0.2) is 0 Å². The number of nitrogens with one attached hydrogen (secondary N) is 1. The van der Waals surface area contributed by atoms with E-state index in [1.165, 1.54) is 43.5 Å². The largest absolute Gasteiger partial charge is 0.349 e. The van der Waals surface area contributed by atoms with Gasteiger partial charge in [-0.1, -0.05) is 6.92 Å². The van der Waals surface area contributed by atoms with Gasteiger partial charge < -0.3 is 5.32 Å². The van der Waals surface area contributed by atoms with Crippen LogP contribution in [0.2, 0.25) is 0 Å². The first-order valence-electron chi connectivity index (χ1n) is 10.3. The molecular formula is C21H29FN2O3S. The Bertz CT molecular complexity index is 818.